The van der Waals surface area contributed by atoms with Gasteiger partial charge in [-0.05, 0) is 25.7 Å². The maximum absolute atomic E-state index is 11.2. The first-order valence-corrected chi connectivity index (χ1v) is 6.61. The first-order valence-electron chi connectivity index (χ1n) is 6.61. The van der Waals surface area contributed by atoms with E-state index in [2.05, 4.69) is 0 Å². The Hall–Kier alpha value is -0.610. The third-order valence-corrected chi connectivity index (χ3v) is 2.69. The smallest absolute Gasteiger partial charge is 0.305 e. The zero-order valence-corrected chi connectivity index (χ0v) is 10.9. The number of esters is 1. The quantitative estimate of drug-likeness (QED) is 0.645. The van der Waals surface area contributed by atoms with E-state index in [4.69, 9.17) is 14.2 Å². The summed E-state index contributed by atoms with van der Waals surface area (Å²) in [4.78, 5) is 11.2. The van der Waals surface area contributed by atoms with E-state index >= 15 is 0 Å². The lowest BCUT2D eigenvalue weighted by Crippen LogP contribution is -2.26. The monoisotopic (exact) mass is 244 g/mol. The molecule has 0 N–H and O–H groups in total. The Bertz CT molecular complexity index is 211. The molecule has 1 aliphatic rings. The Morgan fingerprint density at radius 3 is 2.88 bits per heavy atom. The molecule has 0 aromatic rings. The number of hydrogen-bond donors (Lipinski definition) is 0. The standard InChI is InChI=1S/C13H24O4/c1-3-6-12(14)16-9-11(2)10-17-13-7-4-5-8-15-13/h11,13H,3-10H2,1-2H3. The van der Waals surface area contributed by atoms with Crippen LogP contribution in [0.15, 0.2) is 0 Å². The van der Waals surface area contributed by atoms with Gasteiger partial charge in [0.15, 0.2) is 6.29 Å². The highest BCUT2D eigenvalue weighted by Gasteiger charge is 2.15. The summed E-state index contributed by atoms with van der Waals surface area (Å²) in [5.74, 6) is 0.106. The van der Waals surface area contributed by atoms with Crippen LogP contribution < -0.4 is 0 Å². The van der Waals surface area contributed by atoms with Crippen molar-refractivity contribution in [2.75, 3.05) is 19.8 Å². The largest absolute Gasteiger partial charge is 0.465 e. The molecule has 1 fully saturated rings. The van der Waals surface area contributed by atoms with Crippen LogP contribution in [0, 0.1) is 5.92 Å². The van der Waals surface area contributed by atoms with Crippen molar-refractivity contribution in [1.82, 2.24) is 0 Å². The van der Waals surface area contributed by atoms with Gasteiger partial charge in [0.05, 0.1) is 13.2 Å². The summed E-state index contributed by atoms with van der Waals surface area (Å²) in [6.07, 6.45) is 4.55. The van der Waals surface area contributed by atoms with E-state index in [1.807, 2.05) is 13.8 Å². The second kappa shape index (κ2) is 8.48. The second-order valence-corrected chi connectivity index (χ2v) is 4.67. The Balaban J connectivity index is 2.03. The van der Waals surface area contributed by atoms with Crippen LogP contribution in [0.2, 0.25) is 0 Å². The van der Waals surface area contributed by atoms with Gasteiger partial charge in [-0.2, -0.15) is 0 Å². The summed E-state index contributed by atoms with van der Waals surface area (Å²) in [6, 6.07) is 0. The summed E-state index contributed by atoms with van der Waals surface area (Å²) in [5.41, 5.74) is 0. The van der Waals surface area contributed by atoms with Gasteiger partial charge in [-0.15, -0.1) is 0 Å². The van der Waals surface area contributed by atoms with Crippen LogP contribution in [-0.4, -0.2) is 32.1 Å². The van der Waals surface area contributed by atoms with Crippen LogP contribution in [0.5, 0.6) is 0 Å². The Morgan fingerprint density at radius 2 is 2.24 bits per heavy atom. The second-order valence-electron chi connectivity index (χ2n) is 4.67. The number of carbonyl (C=O) groups is 1. The molecule has 4 nitrogen and oxygen atoms in total. The number of hydrogen-bond acceptors (Lipinski definition) is 4. The van der Waals surface area contributed by atoms with E-state index in [9.17, 15) is 4.79 Å². The minimum atomic E-state index is -0.117. The lowest BCUT2D eigenvalue weighted by Gasteiger charge is -2.24. The highest BCUT2D eigenvalue weighted by Crippen LogP contribution is 2.14. The molecule has 0 radical (unpaired) electrons. The van der Waals surface area contributed by atoms with Gasteiger partial charge < -0.3 is 14.2 Å². The molecular formula is C13H24O4. The van der Waals surface area contributed by atoms with E-state index in [-0.39, 0.29) is 18.2 Å². The van der Waals surface area contributed by atoms with Crippen LogP contribution in [0.1, 0.15) is 46.0 Å². The first kappa shape index (κ1) is 14.5. The summed E-state index contributed by atoms with van der Waals surface area (Å²) in [6.45, 7) is 5.80. The molecule has 0 saturated carbocycles. The topological polar surface area (TPSA) is 44.8 Å². The molecule has 1 aliphatic heterocycles. The minimum absolute atomic E-state index is 0.0578. The highest BCUT2D eigenvalue weighted by atomic mass is 16.7. The predicted octanol–water partition coefficient (Wildman–Crippen LogP) is 2.51. The number of rotatable bonds is 7. The summed E-state index contributed by atoms with van der Waals surface area (Å²) >= 11 is 0. The van der Waals surface area contributed by atoms with Crippen molar-refractivity contribution >= 4 is 5.97 Å². The maximum atomic E-state index is 11.2. The lowest BCUT2D eigenvalue weighted by atomic mass is 10.2. The highest BCUT2D eigenvalue weighted by molar-refractivity contribution is 5.69. The fourth-order valence-electron chi connectivity index (χ4n) is 1.67. The Kier molecular flexibility index (Phi) is 7.21. The van der Waals surface area contributed by atoms with Crippen molar-refractivity contribution in [3.63, 3.8) is 0 Å². The van der Waals surface area contributed by atoms with Gasteiger partial charge >= 0.3 is 5.97 Å². The average Bonchev–Trinajstić information content (AvgIpc) is 2.35. The first-order chi connectivity index (χ1) is 8.22. The van der Waals surface area contributed by atoms with Crippen LogP contribution >= 0.6 is 0 Å². The molecule has 2 unspecified atom stereocenters. The van der Waals surface area contributed by atoms with Crippen LogP contribution in [0.4, 0.5) is 0 Å². The zero-order chi connectivity index (χ0) is 12.5. The fourth-order valence-corrected chi connectivity index (χ4v) is 1.67. The summed E-state index contributed by atoms with van der Waals surface area (Å²) in [7, 11) is 0. The van der Waals surface area contributed by atoms with Crippen molar-refractivity contribution in [3.05, 3.63) is 0 Å². The van der Waals surface area contributed by atoms with Gasteiger partial charge in [-0.3, -0.25) is 4.79 Å². The van der Waals surface area contributed by atoms with Crippen molar-refractivity contribution in [3.8, 4) is 0 Å². The Labute approximate surface area is 104 Å². The van der Waals surface area contributed by atoms with Gasteiger partial charge in [0, 0.05) is 18.9 Å². The lowest BCUT2D eigenvalue weighted by molar-refractivity contribution is -0.172. The number of ether oxygens (including phenoxy) is 3. The molecule has 17 heavy (non-hydrogen) atoms. The van der Waals surface area contributed by atoms with Crippen LogP contribution in [0.25, 0.3) is 0 Å². The molecule has 1 rings (SSSR count). The molecule has 0 bridgehead atoms. The molecule has 0 aromatic heterocycles. The van der Waals surface area contributed by atoms with Crippen LogP contribution in [-0.2, 0) is 19.0 Å². The molecule has 1 heterocycles. The van der Waals surface area contributed by atoms with Crippen molar-refractivity contribution in [2.45, 2.75) is 52.2 Å². The third kappa shape index (κ3) is 6.64. The van der Waals surface area contributed by atoms with Gasteiger partial charge in [0.1, 0.15) is 0 Å². The molecule has 1 saturated heterocycles. The van der Waals surface area contributed by atoms with E-state index in [0.717, 1.165) is 25.9 Å². The minimum Gasteiger partial charge on any atom is -0.465 e. The zero-order valence-electron chi connectivity index (χ0n) is 10.9. The number of carbonyl (C=O) groups excluding carboxylic acids is 1. The molecule has 0 spiro atoms. The van der Waals surface area contributed by atoms with Crippen LogP contribution in [0.3, 0.4) is 0 Å². The predicted molar refractivity (Wildman–Crippen MR) is 64.6 cm³/mol. The van der Waals surface area contributed by atoms with E-state index in [0.29, 0.717) is 19.6 Å². The molecule has 0 amide bonds. The SMILES string of the molecule is CCCC(=O)OCC(C)COC1CCCCO1. The van der Waals surface area contributed by atoms with Gasteiger partial charge in [0.2, 0.25) is 0 Å². The summed E-state index contributed by atoms with van der Waals surface area (Å²) < 4.78 is 16.2. The Morgan fingerprint density at radius 1 is 1.41 bits per heavy atom. The molecule has 100 valence electrons. The van der Waals surface area contributed by atoms with E-state index < -0.39 is 0 Å². The summed E-state index contributed by atoms with van der Waals surface area (Å²) in [5, 5.41) is 0. The normalized spacial score (nSPS) is 22.1. The third-order valence-electron chi connectivity index (χ3n) is 2.69. The molecule has 0 aromatic carbocycles. The van der Waals surface area contributed by atoms with Crippen molar-refractivity contribution < 1.29 is 19.0 Å². The maximum Gasteiger partial charge on any atom is 0.305 e. The van der Waals surface area contributed by atoms with Gasteiger partial charge in [-0.1, -0.05) is 13.8 Å². The molecular weight excluding hydrogens is 220 g/mol. The fraction of sp³-hybridized carbons (Fsp3) is 0.923. The van der Waals surface area contributed by atoms with E-state index in [1.54, 1.807) is 0 Å². The molecule has 0 aliphatic carbocycles. The molecule has 4 heteroatoms. The molecule has 2 atom stereocenters. The average molecular weight is 244 g/mol. The van der Waals surface area contributed by atoms with E-state index in [1.165, 1.54) is 6.42 Å². The van der Waals surface area contributed by atoms with Crippen molar-refractivity contribution in [1.29, 1.82) is 0 Å². The van der Waals surface area contributed by atoms with Crippen molar-refractivity contribution in [2.24, 2.45) is 5.92 Å². The van der Waals surface area contributed by atoms with Gasteiger partial charge in [0.25, 0.3) is 0 Å². The van der Waals surface area contributed by atoms with Gasteiger partial charge in [-0.25, -0.2) is 0 Å².